The van der Waals surface area contributed by atoms with Crippen LogP contribution in [-0.4, -0.2) is 23.5 Å². The van der Waals surface area contributed by atoms with Crippen LogP contribution in [-0.2, 0) is 4.79 Å². The number of unbranched alkanes of at least 4 members (excludes halogenated alkanes) is 1. The van der Waals surface area contributed by atoms with Crippen molar-refractivity contribution in [3.63, 3.8) is 0 Å². The molecule has 0 bridgehead atoms. The van der Waals surface area contributed by atoms with Crippen LogP contribution in [0.5, 0.6) is 0 Å². The van der Waals surface area contributed by atoms with Crippen LogP contribution in [0, 0.1) is 11.8 Å². The van der Waals surface area contributed by atoms with Crippen molar-refractivity contribution < 1.29 is 10.0 Å². The molecule has 5 heteroatoms. The highest BCUT2D eigenvalue weighted by molar-refractivity contribution is 6.09. The van der Waals surface area contributed by atoms with E-state index in [1.165, 1.54) is 0 Å². The van der Waals surface area contributed by atoms with Gasteiger partial charge in [0.15, 0.2) is 5.84 Å². The summed E-state index contributed by atoms with van der Waals surface area (Å²) < 4.78 is 0. The summed E-state index contributed by atoms with van der Waals surface area (Å²) >= 11 is 0. The number of carbonyl (C=O) groups excluding carboxylic acids is 1. The van der Waals surface area contributed by atoms with Crippen LogP contribution in [0.4, 0.5) is 5.69 Å². The first-order valence-electron chi connectivity index (χ1n) is 7.36. The van der Waals surface area contributed by atoms with Gasteiger partial charge in [-0.3, -0.25) is 4.79 Å². The van der Waals surface area contributed by atoms with Crippen LogP contribution in [0.3, 0.4) is 0 Å². The lowest BCUT2D eigenvalue weighted by Crippen LogP contribution is -2.45. The van der Waals surface area contributed by atoms with E-state index in [2.05, 4.69) is 12.1 Å². The Balaban J connectivity index is 3.09. The molecular weight excluding hydrogens is 266 g/mol. The van der Waals surface area contributed by atoms with Crippen molar-refractivity contribution in [2.24, 2.45) is 22.7 Å². The zero-order valence-electron chi connectivity index (χ0n) is 13.0. The minimum Gasteiger partial charge on any atom is -0.409 e. The van der Waals surface area contributed by atoms with Gasteiger partial charge in [0.25, 0.3) is 0 Å². The average Bonchev–Trinajstić information content (AvgIpc) is 2.48. The van der Waals surface area contributed by atoms with Crippen LogP contribution in [0.2, 0.25) is 0 Å². The lowest BCUT2D eigenvalue weighted by atomic mass is 9.93. The van der Waals surface area contributed by atoms with Crippen molar-refractivity contribution in [1.29, 1.82) is 0 Å². The third-order valence-electron chi connectivity index (χ3n) is 3.44. The number of para-hydroxylation sites is 1. The van der Waals surface area contributed by atoms with Gasteiger partial charge in [-0.05, 0) is 24.5 Å². The number of hydrogen-bond acceptors (Lipinski definition) is 3. The molecule has 1 atom stereocenters. The molecule has 0 aliphatic heterocycles. The number of nitrogens with zero attached hydrogens (tertiary/aromatic N) is 2. The maximum atomic E-state index is 12.8. The summed E-state index contributed by atoms with van der Waals surface area (Å²) in [6.07, 6.45) is 1.90. The largest absolute Gasteiger partial charge is 0.409 e. The van der Waals surface area contributed by atoms with Gasteiger partial charge >= 0.3 is 0 Å². The molecule has 3 N–H and O–H groups in total. The third-order valence-corrected chi connectivity index (χ3v) is 3.44. The van der Waals surface area contributed by atoms with Crippen molar-refractivity contribution in [3.8, 4) is 0 Å². The Kier molecular flexibility index (Phi) is 6.72. The second-order valence-electron chi connectivity index (χ2n) is 5.43. The van der Waals surface area contributed by atoms with Gasteiger partial charge in [-0.2, -0.15) is 0 Å². The van der Waals surface area contributed by atoms with Crippen LogP contribution in [0.1, 0.15) is 33.6 Å². The smallest absolute Gasteiger partial charge is 0.238 e. The van der Waals surface area contributed by atoms with E-state index in [1.807, 2.05) is 44.2 Å². The Morgan fingerprint density at radius 1 is 1.33 bits per heavy atom. The van der Waals surface area contributed by atoms with E-state index >= 15 is 0 Å². The molecular formula is C16H25N3O2. The first kappa shape index (κ1) is 17.0. The lowest BCUT2D eigenvalue weighted by Gasteiger charge is -2.28. The Morgan fingerprint density at radius 3 is 2.43 bits per heavy atom. The quantitative estimate of drug-likeness (QED) is 0.351. The molecule has 1 rings (SSSR count). The van der Waals surface area contributed by atoms with Gasteiger partial charge in [-0.1, -0.05) is 50.5 Å². The topological polar surface area (TPSA) is 78.9 Å². The number of benzene rings is 1. The van der Waals surface area contributed by atoms with Crippen molar-refractivity contribution in [1.82, 2.24) is 0 Å². The van der Waals surface area contributed by atoms with E-state index in [-0.39, 0.29) is 17.7 Å². The number of hydrogen-bond donors (Lipinski definition) is 2. The van der Waals surface area contributed by atoms with Gasteiger partial charge in [0, 0.05) is 12.2 Å². The van der Waals surface area contributed by atoms with Crippen LogP contribution in [0.15, 0.2) is 35.5 Å². The van der Waals surface area contributed by atoms with Gasteiger partial charge in [0.1, 0.15) is 5.92 Å². The number of amides is 1. The number of rotatable bonds is 7. The maximum Gasteiger partial charge on any atom is 0.238 e. The number of nitrogens with two attached hydrogens (primary N) is 1. The SMILES string of the molecule is CCCCN(C(=O)C(C(N)=NO)C(C)C)c1ccccc1. The van der Waals surface area contributed by atoms with Crippen LogP contribution < -0.4 is 10.6 Å². The second kappa shape index (κ2) is 8.29. The van der Waals surface area contributed by atoms with Gasteiger partial charge in [0.2, 0.25) is 5.91 Å². The molecule has 0 spiro atoms. The highest BCUT2D eigenvalue weighted by Gasteiger charge is 2.31. The zero-order valence-corrected chi connectivity index (χ0v) is 13.0. The normalized spacial score (nSPS) is 13.2. The van der Waals surface area contributed by atoms with E-state index in [9.17, 15) is 4.79 Å². The van der Waals surface area contributed by atoms with E-state index in [0.29, 0.717) is 6.54 Å². The van der Waals surface area contributed by atoms with Crippen molar-refractivity contribution in [3.05, 3.63) is 30.3 Å². The molecule has 0 aromatic heterocycles. The van der Waals surface area contributed by atoms with E-state index in [4.69, 9.17) is 10.9 Å². The van der Waals surface area contributed by atoms with E-state index in [1.54, 1.807) is 4.90 Å². The standard InChI is InChI=1S/C16H25N3O2/c1-4-5-11-19(13-9-7-6-8-10-13)16(20)14(12(2)3)15(17)18-21/h6-10,12,14,21H,4-5,11H2,1-3H3,(H2,17,18). The minimum absolute atomic E-state index is 0.0348. The molecule has 5 nitrogen and oxygen atoms in total. The summed E-state index contributed by atoms with van der Waals surface area (Å²) in [7, 11) is 0. The third kappa shape index (κ3) is 4.48. The number of carbonyl (C=O) groups is 1. The van der Waals surface area contributed by atoms with E-state index in [0.717, 1.165) is 18.5 Å². The number of oxime groups is 1. The molecule has 0 radical (unpaired) electrons. The van der Waals surface area contributed by atoms with Crippen molar-refractivity contribution in [2.75, 3.05) is 11.4 Å². The van der Waals surface area contributed by atoms with Crippen LogP contribution in [0.25, 0.3) is 0 Å². The molecule has 0 aliphatic rings. The van der Waals surface area contributed by atoms with Gasteiger partial charge < -0.3 is 15.8 Å². The summed E-state index contributed by atoms with van der Waals surface area (Å²) in [6, 6.07) is 9.51. The molecule has 1 unspecified atom stereocenters. The Labute approximate surface area is 126 Å². The number of anilines is 1. The summed E-state index contributed by atoms with van der Waals surface area (Å²) in [5, 5.41) is 12.0. The Morgan fingerprint density at radius 2 is 1.95 bits per heavy atom. The highest BCUT2D eigenvalue weighted by atomic mass is 16.4. The summed E-state index contributed by atoms with van der Waals surface area (Å²) in [6.45, 7) is 6.49. The first-order valence-corrected chi connectivity index (χ1v) is 7.36. The van der Waals surface area contributed by atoms with Crippen molar-refractivity contribution in [2.45, 2.75) is 33.6 Å². The maximum absolute atomic E-state index is 12.8. The summed E-state index contributed by atoms with van der Waals surface area (Å²) in [5.41, 5.74) is 6.56. The fourth-order valence-electron chi connectivity index (χ4n) is 2.27. The van der Waals surface area contributed by atoms with Gasteiger partial charge in [-0.25, -0.2) is 0 Å². The van der Waals surface area contributed by atoms with E-state index < -0.39 is 5.92 Å². The average molecular weight is 291 g/mol. The first-order chi connectivity index (χ1) is 10.0. The Hall–Kier alpha value is -2.04. The molecule has 0 heterocycles. The fourth-order valence-corrected chi connectivity index (χ4v) is 2.27. The predicted molar refractivity (Wildman–Crippen MR) is 85.4 cm³/mol. The fraction of sp³-hybridized carbons (Fsp3) is 0.500. The highest BCUT2D eigenvalue weighted by Crippen LogP contribution is 2.21. The van der Waals surface area contributed by atoms with Gasteiger partial charge in [-0.15, -0.1) is 0 Å². The predicted octanol–water partition coefficient (Wildman–Crippen LogP) is 2.84. The lowest BCUT2D eigenvalue weighted by molar-refractivity contribution is -0.121. The molecule has 0 saturated carbocycles. The number of amidine groups is 1. The summed E-state index contributed by atoms with van der Waals surface area (Å²) in [5.74, 6) is -0.819. The molecule has 1 amide bonds. The Bertz CT molecular complexity index is 472. The second-order valence-corrected chi connectivity index (χ2v) is 5.43. The molecule has 0 fully saturated rings. The molecule has 1 aromatic carbocycles. The zero-order chi connectivity index (χ0) is 15.8. The molecule has 116 valence electrons. The molecule has 0 saturated heterocycles. The van der Waals surface area contributed by atoms with Gasteiger partial charge in [0.05, 0.1) is 0 Å². The van der Waals surface area contributed by atoms with Crippen LogP contribution >= 0.6 is 0 Å². The minimum atomic E-state index is -0.618. The monoisotopic (exact) mass is 291 g/mol. The summed E-state index contributed by atoms with van der Waals surface area (Å²) in [4.78, 5) is 14.6. The molecule has 21 heavy (non-hydrogen) atoms. The molecule has 0 aliphatic carbocycles. The molecule has 1 aromatic rings. The van der Waals surface area contributed by atoms with Crippen molar-refractivity contribution >= 4 is 17.4 Å².